The summed E-state index contributed by atoms with van der Waals surface area (Å²) >= 11 is 0. The number of ether oxygens (including phenoxy) is 1. The zero-order valence-electron chi connectivity index (χ0n) is 9.26. The van der Waals surface area contributed by atoms with Gasteiger partial charge in [-0.05, 0) is 5.92 Å². The second-order valence-corrected chi connectivity index (χ2v) is 3.83. The van der Waals surface area contributed by atoms with Gasteiger partial charge < -0.3 is 20.1 Å². The standard InChI is InChI=1S/C11H11N3O4/c1-2-7-6(3-12)13-5-14(7)11-10(17)9(16)8(4-15)18-11/h1,5,8-11,15-17H,4H2/t8-,9+,10+,11-/m0/s1. The number of aromatic nitrogens is 2. The van der Waals surface area contributed by atoms with Crippen molar-refractivity contribution in [1.29, 1.82) is 5.26 Å². The highest BCUT2D eigenvalue weighted by Crippen LogP contribution is 2.30. The molecule has 0 spiro atoms. The van der Waals surface area contributed by atoms with Crippen LogP contribution >= 0.6 is 0 Å². The molecular weight excluding hydrogens is 238 g/mol. The van der Waals surface area contributed by atoms with Crippen LogP contribution in [0.2, 0.25) is 0 Å². The molecule has 2 heterocycles. The molecule has 94 valence electrons. The van der Waals surface area contributed by atoms with Gasteiger partial charge in [0.15, 0.2) is 11.9 Å². The van der Waals surface area contributed by atoms with Gasteiger partial charge in [-0.3, -0.25) is 4.57 Å². The summed E-state index contributed by atoms with van der Waals surface area (Å²) in [5.41, 5.74) is 0.197. The molecule has 1 saturated heterocycles. The molecule has 1 aliphatic heterocycles. The predicted molar refractivity (Wildman–Crippen MR) is 57.9 cm³/mol. The number of hydrogen-bond donors (Lipinski definition) is 3. The Labute approximate surface area is 103 Å². The van der Waals surface area contributed by atoms with E-state index in [4.69, 9.17) is 21.5 Å². The lowest BCUT2D eigenvalue weighted by Gasteiger charge is -2.17. The van der Waals surface area contributed by atoms with Crippen LogP contribution in [0.1, 0.15) is 17.6 Å². The van der Waals surface area contributed by atoms with Crippen molar-refractivity contribution < 1.29 is 20.1 Å². The van der Waals surface area contributed by atoms with Gasteiger partial charge in [-0.2, -0.15) is 5.26 Å². The molecule has 0 aliphatic carbocycles. The Hall–Kier alpha value is -1.90. The number of aliphatic hydroxyl groups is 3. The van der Waals surface area contributed by atoms with Gasteiger partial charge in [0, 0.05) is 0 Å². The van der Waals surface area contributed by atoms with Crippen molar-refractivity contribution in [3.8, 4) is 18.4 Å². The van der Waals surface area contributed by atoms with Gasteiger partial charge in [-0.15, -0.1) is 6.42 Å². The average Bonchev–Trinajstić information content (AvgIpc) is 2.92. The maximum Gasteiger partial charge on any atom is 0.174 e. The fraction of sp³-hybridized carbons (Fsp3) is 0.455. The summed E-state index contributed by atoms with van der Waals surface area (Å²) in [4.78, 5) is 3.78. The number of terminal acetylenes is 1. The molecule has 0 unspecified atom stereocenters. The SMILES string of the molecule is C#Cc1c(C#N)ncn1[C@H]1O[C@@H](CO)[C@@H](O)[C@H]1O. The Morgan fingerprint density at radius 3 is 2.72 bits per heavy atom. The largest absolute Gasteiger partial charge is 0.394 e. The minimum atomic E-state index is -1.25. The first kappa shape index (κ1) is 12.6. The fourth-order valence-electron chi connectivity index (χ4n) is 1.89. The van der Waals surface area contributed by atoms with Crippen LogP contribution in [-0.2, 0) is 4.74 Å². The minimum Gasteiger partial charge on any atom is -0.394 e. The van der Waals surface area contributed by atoms with Gasteiger partial charge in [0.1, 0.15) is 30.1 Å². The summed E-state index contributed by atoms with van der Waals surface area (Å²) in [6.07, 6.45) is 2.18. The highest BCUT2D eigenvalue weighted by atomic mass is 16.6. The van der Waals surface area contributed by atoms with Crippen molar-refractivity contribution in [2.24, 2.45) is 0 Å². The molecule has 1 aromatic rings. The lowest BCUT2D eigenvalue weighted by atomic mass is 10.1. The first-order valence-corrected chi connectivity index (χ1v) is 5.20. The van der Waals surface area contributed by atoms with Crippen LogP contribution in [0.15, 0.2) is 6.33 Å². The Balaban J connectivity index is 2.37. The van der Waals surface area contributed by atoms with E-state index in [1.165, 1.54) is 10.9 Å². The molecule has 0 aromatic carbocycles. The second-order valence-electron chi connectivity index (χ2n) is 3.83. The molecule has 18 heavy (non-hydrogen) atoms. The Morgan fingerprint density at radius 1 is 1.50 bits per heavy atom. The highest BCUT2D eigenvalue weighted by molar-refractivity contribution is 5.38. The normalized spacial score (nSPS) is 30.9. The molecule has 1 aromatic heterocycles. The van der Waals surface area contributed by atoms with Crippen LogP contribution in [0, 0.1) is 23.7 Å². The van der Waals surface area contributed by atoms with Crippen LogP contribution < -0.4 is 0 Å². The maximum atomic E-state index is 9.83. The molecular formula is C11H11N3O4. The van der Waals surface area contributed by atoms with E-state index in [0.29, 0.717) is 0 Å². The van der Waals surface area contributed by atoms with E-state index < -0.39 is 31.1 Å². The van der Waals surface area contributed by atoms with Gasteiger partial charge in [-0.25, -0.2) is 4.98 Å². The first-order valence-electron chi connectivity index (χ1n) is 5.20. The quantitative estimate of drug-likeness (QED) is 0.541. The molecule has 0 bridgehead atoms. The number of nitriles is 1. The van der Waals surface area contributed by atoms with Crippen LogP contribution in [0.4, 0.5) is 0 Å². The summed E-state index contributed by atoms with van der Waals surface area (Å²) in [7, 11) is 0. The molecule has 2 rings (SSSR count). The van der Waals surface area contributed by atoms with Gasteiger partial charge in [0.05, 0.1) is 12.9 Å². The maximum absolute atomic E-state index is 9.83. The molecule has 1 fully saturated rings. The summed E-state index contributed by atoms with van der Waals surface area (Å²) < 4.78 is 6.58. The van der Waals surface area contributed by atoms with E-state index in [1.54, 1.807) is 0 Å². The van der Waals surface area contributed by atoms with Crippen molar-refractivity contribution >= 4 is 0 Å². The number of nitrogens with zero attached hydrogens (tertiary/aromatic N) is 3. The Kier molecular flexibility index (Phi) is 3.32. The van der Waals surface area contributed by atoms with Crippen LogP contribution in [0.25, 0.3) is 0 Å². The summed E-state index contributed by atoms with van der Waals surface area (Å²) in [6, 6.07) is 1.82. The van der Waals surface area contributed by atoms with E-state index in [0.717, 1.165) is 0 Å². The summed E-state index contributed by atoms with van der Waals surface area (Å²) in [5.74, 6) is 2.28. The molecule has 7 heteroatoms. The third kappa shape index (κ3) is 1.76. The molecule has 1 aliphatic rings. The smallest absolute Gasteiger partial charge is 0.174 e. The number of aliphatic hydroxyl groups excluding tert-OH is 3. The van der Waals surface area contributed by atoms with Crippen molar-refractivity contribution in [3.63, 3.8) is 0 Å². The number of imidazole rings is 1. The number of rotatable bonds is 2. The monoisotopic (exact) mass is 249 g/mol. The minimum absolute atomic E-state index is 0.0373. The van der Waals surface area contributed by atoms with Gasteiger partial charge in [0.25, 0.3) is 0 Å². The number of hydrogen-bond acceptors (Lipinski definition) is 6. The average molecular weight is 249 g/mol. The van der Waals surface area contributed by atoms with E-state index in [9.17, 15) is 10.2 Å². The first-order chi connectivity index (χ1) is 8.63. The Bertz CT molecular complexity index is 527. The molecule has 0 radical (unpaired) electrons. The molecule has 7 nitrogen and oxygen atoms in total. The predicted octanol–water partition coefficient (Wildman–Crippen LogP) is -1.65. The van der Waals surface area contributed by atoms with Crippen molar-refractivity contribution in [2.75, 3.05) is 6.61 Å². The zero-order chi connectivity index (χ0) is 13.3. The third-order valence-corrected chi connectivity index (χ3v) is 2.83. The lowest BCUT2D eigenvalue weighted by Crippen LogP contribution is -2.33. The lowest BCUT2D eigenvalue weighted by molar-refractivity contribution is -0.0531. The highest BCUT2D eigenvalue weighted by Gasteiger charge is 2.44. The molecule has 4 atom stereocenters. The van der Waals surface area contributed by atoms with Crippen molar-refractivity contribution in [3.05, 3.63) is 17.7 Å². The topological polar surface area (TPSA) is 112 Å². The molecule has 3 N–H and O–H groups in total. The van der Waals surface area contributed by atoms with Crippen molar-refractivity contribution in [1.82, 2.24) is 9.55 Å². The molecule has 0 amide bonds. The molecule has 0 saturated carbocycles. The zero-order valence-corrected chi connectivity index (χ0v) is 9.26. The Morgan fingerprint density at radius 2 is 2.22 bits per heavy atom. The van der Waals surface area contributed by atoms with Gasteiger partial charge in [-0.1, -0.05) is 0 Å². The van der Waals surface area contributed by atoms with Crippen molar-refractivity contribution in [2.45, 2.75) is 24.5 Å². The van der Waals surface area contributed by atoms with Crippen LogP contribution in [-0.4, -0.2) is 49.8 Å². The van der Waals surface area contributed by atoms with Gasteiger partial charge >= 0.3 is 0 Å². The second kappa shape index (κ2) is 4.77. The summed E-state index contributed by atoms with van der Waals surface area (Å²) in [5, 5.41) is 37.3. The van der Waals surface area contributed by atoms with Crippen LogP contribution in [0.3, 0.4) is 0 Å². The van der Waals surface area contributed by atoms with E-state index in [1.807, 2.05) is 6.07 Å². The van der Waals surface area contributed by atoms with E-state index in [2.05, 4.69) is 10.9 Å². The van der Waals surface area contributed by atoms with Gasteiger partial charge in [0.2, 0.25) is 0 Å². The summed E-state index contributed by atoms with van der Waals surface area (Å²) in [6.45, 7) is -0.431. The fourth-order valence-corrected chi connectivity index (χ4v) is 1.89. The van der Waals surface area contributed by atoms with Crippen LogP contribution in [0.5, 0.6) is 0 Å². The third-order valence-electron chi connectivity index (χ3n) is 2.83. The van der Waals surface area contributed by atoms with E-state index in [-0.39, 0.29) is 11.4 Å². The van der Waals surface area contributed by atoms with E-state index >= 15 is 0 Å².